The first kappa shape index (κ1) is 15.8. The molecule has 0 aromatic carbocycles. The van der Waals surface area contributed by atoms with Crippen molar-refractivity contribution in [1.29, 1.82) is 0 Å². The molecule has 21 heavy (non-hydrogen) atoms. The predicted octanol–water partition coefficient (Wildman–Crippen LogP) is 2.75. The first-order valence-electron chi connectivity index (χ1n) is 7.63. The first-order chi connectivity index (χ1) is 9.83. The zero-order valence-corrected chi connectivity index (χ0v) is 14.1. The molecule has 2 rings (SSSR count). The highest BCUT2D eigenvalue weighted by Gasteiger charge is 2.19. The molecule has 0 saturated heterocycles. The Morgan fingerprint density at radius 1 is 1.29 bits per heavy atom. The van der Waals surface area contributed by atoms with Gasteiger partial charge < -0.3 is 5.32 Å². The Balaban J connectivity index is 2.41. The van der Waals surface area contributed by atoms with Crippen molar-refractivity contribution in [3.8, 4) is 5.82 Å². The Morgan fingerprint density at radius 3 is 2.62 bits per heavy atom. The van der Waals surface area contributed by atoms with E-state index in [0.29, 0.717) is 0 Å². The topological polar surface area (TPSA) is 47.7 Å². The van der Waals surface area contributed by atoms with Crippen molar-refractivity contribution in [1.82, 2.24) is 24.6 Å². The zero-order chi connectivity index (χ0) is 15.6. The molecule has 0 fully saturated rings. The van der Waals surface area contributed by atoms with Crippen LogP contribution in [-0.2, 0) is 20.0 Å². The Hall–Kier alpha value is -1.62. The number of imidazole rings is 1. The minimum absolute atomic E-state index is 0.0841. The number of hydrogen-bond donors (Lipinski definition) is 1. The second-order valence-corrected chi connectivity index (χ2v) is 6.58. The van der Waals surface area contributed by atoms with Crippen LogP contribution in [-0.4, -0.2) is 24.9 Å². The lowest BCUT2D eigenvalue weighted by atomic mass is 10.1. The number of nitrogens with one attached hydrogen (secondary N) is 1. The molecule has 0 atom stereocenters. The Kier molecular flexibility index (Phi) is 4.52. The maximum Gasteiger partial charge on any atom is 0.140 e. The summed E-state index contributed by atoms with van der Waals surface area (Å²) in [5.41, 5.74) is 2.39. The average molecular weight is 289 g/mol. The number of rotatable bonds is 5. The maximum absolute atomic E-state index is 4.60. The van der Waals surface area contributed by atoms with E-state index in [9.17, 15) is 0 Å². The summed E-state index contributed by atoms with van der Waals surface area (Å²) in [6.45, 7) is 11.6. The van der Waals surface area contributed by atoms with E-state index in [1.54, 1.807) is 0 Å². The van der Waals surface area contributed by atoms with Crippen LogP contribution in [0, 0.1) is 6.92 Å². The Bertz CT molecular complexity index is 601. The van der Waals surface area contributed by atoms with Crippen LogP contribution in [0.2, 0.25) is 0 Å². The van der Waals surface area contributed by atoms with Gasteiger partial charge >= 0.3 is 0 Å². The lowest BCUT2D eigenvalue weighted by Crippen LogP contribution is -2.35. The van der Waals surface area contributed by atoms with E-state index in [1.807, 2.05) is 24.1 Å². The van der Waals surface area contributed by atoms with E-state index in [2.05, 4.69) is 54.6 Å². The Labute approximate surface area is 127 Å². The minimum Gasteiger partial charge on any atom is -0.308 e. The Morgan fingerprint density at radius 2 is 2.00 bits per heavy atom. The quantitative estimate of drug-likeness (QED) is 0.920. The van der Waals surface area contributed by atoms with Gasteiger partial charge in [-0.05, 0) is 34.1 Å². The van der Waals surface area contributed by atoms with Crippen LogP contribution in [0.25, 0.3) is 5.82 Å². The van der Waals surface area contributed by atoms with Crippen molar-refractivity contribution in [3.63, 3.8) is 0 Å². The van der Waals surface area contributed by atoms with E-state index in [-0.39, 0.29) is 5.54 Å². The van der Waals surface area contributed by atoms with Gasteiger partial charge in [0, 0.05) is 43.5 Å². The lowest BCUT2D eigenvalue weighted by molar-refractivity contribution is 0.423. The van der Waals surface area contributed by atoms with E-state index in [0.717, 1.165) is 36.7 Å². The normalized spacial score (nSPS) is 12.1. The molecule has 0 bridgehead atoms. The van der Waals surface area contributed by atoms with Crippen molar-refractivity contribution >= 4 is 0 Å². The van der Waals surface area contributed by atoms with E-state index in [4.69, 9.17) is 0 Å². The highest BCUT2D eigenvalue weighted by molar-refractivity contribution is 5.39. The first-order valence-corrected chi connectivity index (χ1v) is 7.63. The van der Waals surface area contributed by atoms with Crippen LogP contribution >= 0.6 is 0 Å². The van der Waals surface area contributed by atoms with Gasteiger partial charge in [-0.15, -0.1) is 0 Å². The summed E-state index contributed by atoms with van der Waals surface area (Å²) >= 11 is 0. The van der Waals surface area contributed by atoms with E-state index in [1.165, 1.54) is 5.56 Å². The van der Waals surface area contributed by atoms with Crippen molar-refractivity contribution in [3.05, 3.63) is 29.5 Å². The summed E-state index contributed by atoms with van der Waals surface area (Å²) in [4.78, 5) is 4.48. The molecule has 0 unspecified atom stereocenters. The van der Waals surface area contributed by atoms with Gasteiger partial charge in [-0.3, -0.25) is 9.25 Å². The van der Waals surface area contributed by atoms with E-state index < -0.39 is 0 Å². The summed E-state index contributed by atoms with van der Waals surface area (Å²) < 4.78 is 4.12. The van der Waals surface area contributed by atoms with Gasteiger partial charge in [0.25, 0.3) is 0 Å². The lowest BCUT2D eigenvalue weighted by Gasteiger charge is -2.21. The van der Waals surface area contributed by atoms with Crippen LogP contribution in [0.3, 0.4) is 0 Å². The molecule has 0 aliphatic heterocycles. The van der Waals surface area contributed by atoms with Crippen LogP contribution in [0.5, 0.6) is 0 Å². The average Bonchev–Trinajstić information content (AvgIpc) is 2.91. The molecule has 0 aliphatic rings. The molecule has 2 heterocycles. The van der Waals surface area contributed by atoms with E-state index >= 15 is 0 Å². The third-order valence-electron chi connectivity index (χ3n) is 3.53. The molecular weight excluding hydrogens is 262 g/mol. The van der Waals surface area contributed by atoms with Gasteiger partial charge in [-0.25, -0.2) is 4.98 Å². The summed E-state index contributed by atoms with van der Waals surface area (Å²) in [5.74, 6) is 2.21. The fourth-order valence-electron chi connectivity index (χ4n) is 2.49. The zero-order valence-electron chi connectivity index (χ0n) is 14.1. The second-order valence-electron chi connectivity index (χ2n) is 6.58. The number of aromatic nitrogens is 4. The number of aryl methyl sites for hydroxylation is 3. The highest BCUT2D eigenvalue weighted by Crippen LogP contribution is 2.20. The molecule has 5 heteroatoms. The molecule has 5 nitrogen and oxygen atoms in total. The molecule has 0 aliphatic carbocycles. The summed E-state index contributed by atoms with van der Waals surface area (Å²) in [7, 11) is 2.00. The maximum atomic E-state index is 4.60. The van der Waals surface area contributed by atoms with Gasteiger partial charge in [0.05, 0.1) is 5.69 Å². The molecular formula is C16H27N5. The SMILES string of the molecule is CCCc1nccn1-c1c(CNC(C)(C)C)c(C)nn1C. The molecule has 2 aromatic heterocycles. The third kappa shape index (κ3) is 3.53. The molecule has 116 valence electrons. The van der Waals surface area contributed by atoms with Crippen LogP contribution in [0.1, 0.15) is 51.2 Å². The van der Waals surface area contributed by atoms with Crippen molar-refractivity contribution in [2.75, 3.05) is 0 Å². The highest BCUT2D eigenvalue weighted by atomic mass is 15.3. The van der Waals surface area contributed by atoms with Gasteiger partial charge in [-0.1, -0.05) is 6.92 Å². The second kappa shape index (κ2) is 6.02. The molecule has 1 N–H and O–H groups in total. The largest absolute Gasteiger partial charge is 0.308 e. The number of hydrogen-bond acceptors (Lipinski definition) is 3. The predicted molar refractivity (Wildman–Crippen MR) is 85.7 cm³/mol. The fraction of sp³-hybridized carbons (Fsp3) is 0.625. The molecule has 0 saturated carbocycles. The summed E-state index contributed by atoms with van der Waals surface area (Å²) in [6, 6.07) is 0. The van der Waals surface area contributed by atoms with Crippen molar-refractivity contribution in [2.24, 2.45) is 7.05 Å². The number of nitrogens with zero attached hydrogens (tertiary/aromatic N) is 4. The van der Waals surface area contributed by atoms with Crippen molar-refractivity contribution < 1.29 is 0 Å². The van der Waals surface area contributed by atoms with Crippen LogP contribution < -0.4 is 5.32 Å². The van der Waals surface area contributed by atoms with Gasteiger partial charge in [0.15, 0.2) is 0 Å². The van der Waals surface area contributed by atoms with Gasteiger partial charge in [-0.2, -0.15) is 5.10 Å². The molecule has 0 spiro atoms. The molecule has 0 radical (unpaired) electrons. The van der Waals surface area contributed by atoms with Crippen LogP contribution in [0.4, 0.5) is 0 Å². The van der Waals surface area contributed by atoms with Crippen LogP contribution in [0.15, 0.2) is 12.4 Å². The standard InChI is InChI=1S/C16H27N5/c1-7-8-14-17-9-10-21(14)15-13(11-18-16(3,4)5)12(2)19-20(15)6/h9-10,18H,7-8,11H2,1-6H3. The van der Waals surface area contributed by atoms with Crippen molar-refractivity contribution in [2.45, 2.75) is 59.5 Å². The van der Waals surface area contributed by atoms with Gasteiger partial charge in [0.1, 0.15) is 11.6 Å². The minimum atomic E-state index is 0.0841. The fourth-order valence-corrected chi connectivity index (χ4v) is 2.49. The smallest absolute Gasteiger partial charge is 0.140 e. The third-order valence-corrected chi connectivity index (χ3v) is 3.53. The van der Waals surface area contributed by atoms with Gasteiger partial charge in [0.2, 0.25) is 0 Å². The molecule has 2 aromatic rings. The summed E-state index contributed by atoms with van der Waals surface area (Å²) in [6.07, 6.45) is 5.96. The monoisotopic (exact) mass is 289 g/mol. The summed E-state index contributed by atoms with van der Waals surface area (Å²) in [5, 5.41) is 8.16. The molecule has 0 amide bonds.